The number of hydrazine groups is 1. The molecule has 4 N–H and O–H groups in total. The fourth-order valence-corrected chi connectivity index (χ4v) is 6.44. The van der Waals surface area contributed by atoms with E-state index in [4.69, 9.17) is 4.74 Å². The first-order valence-electron chi connectivity index (χ1n) is 12.6. The number of fused-ring (bicyclic) bond motifs is 2. The fourth-order valence-electron chi connectivity index (χ4n) is 6.44. The van der Waals surface area contributed by atoms with Crippen LogP contribution in [0.2, 0.25) is 0 Å². The van der Waals surface area contributed by atoms with E-state index in [0.29, 0.717) is 17.9 Å². The molecular weight excluding hydrogens is 412 g/mol. The summed E-state index contributed by atoms with van der Waals surface area (Å²) in [5, 5.41) is 6.93. The third-order valence-electron chi connectivity index (χ3n) is 8.23. The molecule has 3 fully saturated rings. The molecule has 3 heterocycles. The molecular formula is C27H34N4O2. The molecule has 0 spiro atoms. The Labute approximate surface area is 195 Å². The van der Waals surface area contributed by atoms with Crippen molar-refractivity contribution >= 4 is 5.91 Å². The van der Waals surface area contributed by atoms with Crippen LogP contribution in [0.3, 0.4) is 0 Å². The van der Waals surface area contributed by atoms with Gasteiger partial charge < -0.3 is 15.4 Å². The van der Waals surface area contributed by atoms with Crippen molar-refractivity contribution in [3.63, 3.8) is 0 Å². The number of carbonyl (C=O) groups is 1. The van der Waals surface area contributed by atoms with Crippen molar-refractivity contribution in [2.24, 2.45) is 11.8 Å². The van der Waals surface area contributed by atoms with Gasteiger partial charge in [-0.3, -0.25) is 10.2 Å². The molecule has 1 amide bonds. The Kier molecular flexibility index (Phi) is 5.82. The summed E-state index contributed by atoms with van der Waals surface area (Å²) in [6.07, 6.45) is 4.95. The molecule has 6 atom stereocenters. The normalized spacial score (nSPS) is 33.1. The molecule has 2 aromatic rings. The second-order valence-electron chi connectivity index (χ2n) is 10.1. The highest BCUT2D eigenvalue weighted by molar-refractivity contribution is 5.79. The first kappa shape index (κ1) is 21.1. The molecule has 2 aromatic carbocycles. The summed E-state index contributed by atoms with van der Waals surface area (Å²) in [6, 6.07) is 18.1. The van der Waals surface area contributed by atoms with Gasteiger partial charge in [-0.05, 0) is 60.9 Å². The van der Waals surface area contributed by atoms with Gasteiger partial charge in [0.15, 0.2) is 0 Å². The van der Waals surface area contributed by atoms with E-state index in [2.05, 4.69) is 70.0 Å². The lowest BCUT2D eigenvalue weighted by Gasteiger charge is -2.36. The smallest absolute Gasteiger partial charge is 0.223 e. The van der Waals surface area contributed by atoms with Crippen molar-refractivity contribution in [1.82, 2.24) is 21.5 Å². The van der Waals surface area contributed by atoms with Crippen LogP contribution in [0.25, 0.3) is 0 Å². The minimum Gasteiger partial charge on any atom is -0.493 e. The molecule has 1 saturated carbocycles. The monoisotopic (exact) mass is 446 g/mol. The summed E-state index contributed by atoms with van der Waals surface area (Å²) in [6.45, 7) is 2.63. The van der Waals surface area contributed by atoms with E-state index in [0.717, 1.165) is 57.6 Å². The van der Waals surface area contributed by atoms with Crippen molar-refractivity contribution in [2.45, 2.75) is 56.1 Å². The summed E-state index contributed by atoms with van der Waals surface area (Å²) in [7, 11) is 0. The average Bonchev–Trinajstić information content (AvgIpc) is 3.51. The van der Waals surface area contributed by atoms with Gasteiger partial charge in [0.05, 0.1) is 12.6 Å². The number of amides is 1. The Balaban J connectivity index is 1.14. The van der Waals surface area contributed by atoms with Crippen LogP contribution in [-0.2, 0) is 11.2 Å². The number of rotatable bonds is 4. The zero-order valence-corrected chi connectivity index (χ0v) is 19.1. The maximum absolute atomic E-state index is 13.4. The SMILES string of the molecule is O=C(N[C@@H]1CNCC[C@H]1c1ccccc1)C1CCC2NNC(c3ccc4c(c3)CCO4)C2C1. The number of ether oxygens (including phenoxy) is 1. The number of carbonyl (C=O) groups excluding carboxylic acids is 1. The summed E-state index contributed by atoms with van der Waals surface area (Å²) in [5.74, 6) is 2.13. The van der Waals surface area contributed by atoms with Gasteiger partial charge in [0.1, 0.15) is 5.75 Å². The number of piperidine rings is 1. The second-order valence-corrected chi connectivity index (χ2v) is 10.1. The molecule has 6 rings (SSSR count). The predicted octanol–water partition coefficient (Wildman–Crippen LogP) is 2.82. The van der Waals surface area contributed by atoms with Gasteiger partial charge >= 0.3 is 0 Å². The van der Waals surface area contributed by atoms with Crippen LogP contribution in [0.1, 0.15) is 54.3 Å². The van der Waals surface area contributed by atoms with E-state index in [9.17, 15) is 4.79 Å². The molecule has 33 heavy (non-hydrogen) atoms. The molecule has 4 unspecified atom stereocenters. The van der Waals surface area contributed by atoms with Crippen LogP contribution in [0.15, 0.2) is 48.5 Å². The average molecular weight is 447 g/mol. The lowest BCUT2D eigenvalue weighted by Crippen LogP contribution is -2.52. The van der Waals surface area contributed by atoms with E-state index in [1.54, 1.807) is 0 Å². The quantitative estimate of drug-likeness (QED) is 0.581. The second kappa shape index (κ2) is 9.09. The first-order valence-corrected chi connectivity index (χ1v) is 12.6. The Morgan fingerprint density at radius 2 is 1.91 bits per heavy atom. The van der Waals surface area contributed by atoms with Crippen molar-refractivity contribution < 1.29 is 9.53 Å². The molecule has 0 radical (unpaired) electrons. The lowest BCUT2D eigenvalue weighted by molar-refractivity contribution is -0.127. The van der Waals surface area contributed by atoms with Crippen molar-refractivity contribution in [3.8, 4) is 5.75 Å². The number of hydrogen-bond acceptors (Lipinski definition) is 5. The van der Waals surface area contributed by atoms with Crippen LogP contribution in [0, 0.1) is 11.8 Å². The zero-order chi connectivity index (χ0) is 22.2. The molecule has 3 aliphatic heterocycles. The van der Waals surface area contributed by atoms with Crippen LogP contribution >= 0.6 is 0 Å². The predicted molar refractivity (Wildman–Crippen MR) is 128 cm³/mol. The minimum atomic E-state index is 0.0755. The number of nitrogens with one attached hydrogen (secondary N) is 4. The van der Waals surface area contributed by atoms with Crippen LogP contribution < -0.4 is 26.2 Å². The minimum absolute atomic E-state index is 0.0755. The van der Waals surface area contributed by atoms with E-state index in [-0.39, 0.29) is 23.9 Å². The Bertz CT molecular complexity index is 997. The largest absolute Gasteiger partial charge is 0.493 e. The molecule has 6 heteroatoms. The number of hydrogen-bond donors (Lipinski definition) is 4. The van der Waals surface area contributed by atoms with Gasteiger partial charge in [-0.15, -0.1) is 0 Å². The molecule has 0 bridgehead atoms. The fraction of sp³-hybridized carbons (Fsp3) is 0.519. The summed E-state index contributed by atoms with van der Waals surface area (Å²) in [4.78, 5) is 13.4. The first-order chi connectivity index (χ1) is 16.3. The van der Waals surface area contributed by atoms with Crippen LogP contribution in [0.4, 0.5) is 0 Å². The molecule has 0 aromatic heterocycles. The van der Waals surface area contributed by atoms with E-state index >= 15 is 0 Å². The highest BCUT2D eigenvalue weighted by atomic mass is 16.5. The van der Waals surface area contributed by atoms with E-state index in [1.165, 1.54) is 16.7 Å². The van der Waals surface area contributed by atoms with Gasteiger partial charge in [0.2, 0.25) is 5.91 Å². The molecule has 1 aliphatic carbocycles. The van der Waals surface area contributed by atoms with E-state index < -0.39 is 0 Å². The van der Waals surface area contributed by atoms with Gasteiger partial charge in [-0.2, -0.15) is 0 Å². The van der Waals surface area contributed by atoms with Crippen molar-refractivity contribution in [2.75, 3.05) is 19.7 Å². The third-order valence-corrected chi connectivity index (χ3v) is 8.23. The zero-order valence-electron chi connectivity index (χ0n) is 19.1. The Morgan fingerprint density at radius 1 is 1.00 bits per heavy atom. The summed E-state index contributed by atoms with van der Waals surface area (Å²) < 4.78 is 5.69. The summed E-state index contributed by atoms with van der Waals surface area (Å²) >= 11 is 0. The van der Waals surface area contributed by atoms with Gasteiger partial charge in [-0.25, -0.2) is 5.43 Å². The van der Waals surface area contributed by atoms with Gasteiger partial charge in [0, 0.05) is 36.9 Å². The Morgan fingerprint density at radius 3 is 2.82 bits per heavy atom. The molecule has 6 nitrogen and oxygen atoms in total. The molecule has 174 valence electrons. The van der Waals surface area contributed by atoms with Crippen LogP contribution in [-0.4, -0.2) is 37.7 Å². The molecule has 2 saturated heterocycles. The third kappa shape index (κ3) is 4.16. The molecule has 4 aliphatic rings. The maximum Gasteiger partial charge on any atom is 0.223 e. The van der Waals surface area contributed by atoms with Crippen LogP contribution in [0.5, 0.6) is 5.75 Å². The lowest BCUT2D eigenvalue weighted by atomic mass is 9.74. The number of benzene rings is 2. The topological polar surface area (TPSA) is 74.4 Å². The summed E-state index contributed by atoms with van der Waals surface area (Å²) in [5.41, 5.74) is 11.0. The van der Waals surface area contributed by atoms with E-state index in [1.807, 2.05) is 0 Å². The highest BCUT2D eigenvalue weighted by Gasteiger charge is 2.43. The Hall–Kier alpha value is -2.41. The standard InChI is InChI=1S/C27H34N4O2/c32-27(29-24-16-28-12-10-21(24)17-4-2-1-3-5-17)20-6-8-23-22(15-20)26(31-30-23)19-7-9-25-18(14-19)11-13-33-25/h1-5,7,9,14,20-24,26,28,30-31H,6,8,10-13,15-16H2,(H,29,32)/t20?,21-,22?,23?,24+,26?/m0/s1. The highest BCUT2D eigenvalue weighted by Crippen LogP contribution is 2.42. The van der Waals surface area contributed by atoms with Gasteiger partial charge in [-0.1, -0.05) is 42.5 Å². The van der Waals surface area contributed by atoms with Crippen molar-refractivity contribution in [3.05, 3.63) is 65.2 Å². The maximum atomic E-state index is 13.4. The van der Waals surface area contributed by atoms with Gasteiger partial charge in [0.25, 0.3) is 0 Å². The van der Waals surface area contributed by atoms with Crippen molar-refractivity contribution in [1.29, 1.82) is 0 Å².